The number of carbonyl (C=O) groups excluding carboxylic acids is 1. The average Bonchev–Trinajstić information content (AvgIpc) is 3.16. The maximum absolute atomic E-state index is 12.3. The smallest absolute Gasteiger partial charge is 0.410 e. The second-order valence-corrected chi connectivity index (χ2v) is 8.27. The molecule has 1 amide bonds. The molecule has 1 unspecified atom stereocenters. The predicted octanol–water partition coefficient (Wildman–Crippen LogP) is 2.48. The number of carbonyl (C=O) groups is 1. The average molecular weight is 393 g/mol. The molecule has 0 saturated carbocycles. The van der Waals surface area contributed by atoms with Crippen molar-refractivity contribution >= 4 is 12.1 Å². The summed E-state index contributed by atoms with van der Waals surface area (Å²) in [6.45, 7) is 9.85. The molecule has 1 aromatic heterocycles. The van der Waals surface area contributed by atoms with E-state index in [1.807, 2.05) is 42.6 Å². The van der Waals surface area contributed by atoms with Gasteiger partial charge in [0.25, 0.3) is 0 Å². The van der Waals surface area contributed by atoms with Gasteiger partial charge in [0, 0.05) is 52.2 Å². The van der Waals surface area contributed by atoms with Crippen LogP contribution in [0, 0.1) is 5.92 Å². The van der Waals surface area contributed by atoms with Gasteiger partial charge in [-0.2, -0.15) is 5.10 Å². The Morgan fingerprint density at radius 3 is 2.79 bits per heavy atom. The topological polar surface area (TPSA) is 83.8 Å². The SMILES string of the molecule is CN=C(NCCCn1cccn1)NCCC1CCCN(C(=O)OC(C)(C)C)C1. The first kappa shape index (κ1) is 22.0. The van der Waals surface area contributed by atoms with E-state index in [1.165, 1.54) is 0 Å². The molecule has 0 bridgehead atoms. The Bertz CT molecular complexity index is 609. The molecule has 0 aromatic carbocycles. The monoisotopic (exact) mass is 392 g/mol. The van der Waals surface area contributed by atoms with Gasteiger partial charge in [-0.25, -0.2) is 4.79 Å². The summed E-state index contributed by atoms with van der Waals surface area (Å²) in [5, 5.41) is 10.9. The Labute approximate surface area is 168 Å². The van der Waals surface area contributed by atoms with Gasteiger partial charge in [-0.15, -0.1) is 0 Å². The van der Waals surface area contributed by atoms with Gasteiger partial charge < -0.3 is 20.3 Å². The van der Waals surface area contributed by atoms with E-state index in [1.54, 1.807) is 13.2 Å². The normalized spacial score (nSPS) is 18.1. The lowest BCUT2D eigenvalue weighted by atomic mass is 9.95. The maximum Gasteiger partial charge on any atom is 0.410 e. The van der Waals surface area contributed by atoms with Gasteiger partial charge >= 0.3 is 6.09 Å². The van der Waals surface area contributed by atoms with Crippen LogP contribution in [0.5, 0.6) is 0 Å². The highest BCUT2D eigenvalue weighted by Gasteiger charge is 2.27. The second kappa shape index (κ2) is 10.9. The minimum absolute atomic E-state index is 0.195. The number of rotatable bonds is 7. The summed E-state index contributed by atoms with van der Waals surface area (Å²) in [6.07, 6.45) is 7.74. The number of guanidine groups is 1. The largest absolute Gasteiger partial charge is 0.444 e. The highest BCUT2D eigenvalue weighted by molar-refractivity contribution is 5.79. The van der Waals surface area contributed by atoms with Crippen molar-refractivity contribution < 1.29 is 9.53 Å². The van der Waals surface area contributed by atoms with E-state index in [0.717, 1.165) is 64.4 Å². The molecule has 8 nitrogen and oxygen atoms in total. The molecule has 8 heteroatoms. The minimum atomic E-state index is -0.443. The molecule has 1 aliphatic heterocycles. The van der Waals surface area contributed by atoms with Crippen molar-refractivity contribution in [3.05, 3.63) is 18.5 Å². The highest BCUT2D eigenvalue weighted by atomic mass is 16.6. The first-order chi connectivity index (χ1) is 13.4. The molecule has 1 aromatic rings. The maximum atomic E-state index is 12.3. The van der Waals surface area contributed by atoms with Gasteiger partial charge in [0.15, 0.2) is 5.96 Å². The van der Waals surface area contributed by atoms with Gasteiger partial charge in [0.1, 0.15) is 5.60 Å². The van der Waals surface area contributed by atoms with Crippen LogP contribution in [0.15, 0.2) is 23.5 Å². The first-order valence-electron chi connectivity index (χ1n) is 10.3. The van der Waals surface area contributed by atoms with Crippen LogP contribution >= 0.6 is 0 Å². The zero-order chi connectivity index (χ0) is 20.4. The number of aliphatic imine (C=N–C) groups is 1. The Morgan fingerprint density at radius 1 is 1.32 bits per heavy atom. The fourth-order valence-corrected chi connectivity index (χ4v) is 3.29. The van der Waals surface area contributed by atoms with Gasteiger partial charge in [-0.1, -0.05) is 0 Å². The molecule has 2 rings (SSSR count). The summed E-state index contributed by atoms with van der Waals surface area (Å²) in [6, 6.07) is 1.93. The number of hydrogen-bond acceptors (Lipinski definition) is 4. The van der Waals surface area contributed by atoms with E-state index in [4.69, 9.17) is 4.74 Å². The van der Waals surface area contributed by atoms with Crippen molar-refractivity contribution in [2.75, 3.05) is 33.2 Å². The lowest BCUT2D eigenvalue weighted by Crippen LogP contribution is -2.44. The van der Waals surface area contributed by atoms with Crippen LogP contribution in [0.2, 0.25) is 0 Å². The van der Waals surface area contributed by atoms with E-state index in [0.29, 0.717) is 5.92 Å². The molecule has 28 heavy (non-hydrogen) atoms. The Hall–Kier alpha value is -2.25. The van der Waals surface area contributed by atoms with E-state index in [9.17, 15) is 4.79 Å². The van der Waals surface area contributed by atoms with Crippen molar-refractivity contribution in [1.29, 1.82) is 0 Å². The third-order valence-corrected chi connectivity index (χ3v) is 4.65. The predicted molar refractivity (Wildman–Crippen MR) is 111 cm³/mol. The number of amides is 1. The fourth-order valence-electron chi connectivity index (χ4n) is 3.29. The van der Waals surface area contributed by atoms with Crippen LogP contribution in [0.3, 0.4) is 0 Å². The van der Waals surface area contributed by atoms with Gasteiger partial charge in [-0.3, -0.25) is 9.67 Å². The number of ether oxygens (including phenoxy) is 1. The molecule has 1 saturated heterocycles. The number of nitrogens with one attached hydrogen (secondary N) is 2. The molecule has 2 N–H and O–H groups in total. The molecule has 0 radical (unpaired) electrons. The molecule has 1 fully saturated rings. The summed E-state index contributed by atoms with van der Waals surface area (Å²) in [7, 11) is 1.79. The Morgan fingerprint density at radius 2 is 2.11 bits per heavy atom. The molecular formula is C20H36N6O2. The van der Waals surface area contributed by atoms with Crippen molar-refractivity contribution in [2.45, 2.75) is 58.6 Å². The molecule has 158 valence electrons. The van der Waals surface area contributed by atoms with Crippen molar-refractivity contribution in [3.63, 3.8) is 0 Å². The standard InChI is InChI=1S/C20H36N6O2/c1-20(2,3)28-19(27)25-13-5-8-17(16-25)9-12-23-18(21-4)22-10-6-14-26-15-7-11-24-26/h7,11,15,17H,5-6,8-10,12-14,16H2,1-4H3,(H2,21,22,23). The van der Waals surface area contributed by atoms with Crippen molar-refractivity contribution in [2.24, 2.45) is 10.9 Å². The Balaban J connectivity index is 1.63. The minimum Gasteiger partial charge on any atom is -0.444 e. The molecular weight excluding hydrogens is 356 g/mol. The fraction of sp³-hybridized carbons (Fsp3) is 0.750. The summed E-state index contributed by atoms with van der Waals surface area (Å²) < 4.78 is 7.43. The van der Waals surface area contributed by atoms with E-state index in [-0.39, 0.29) is 6.09 Å². The number of aryl methyl sites for hydroxylation is 1. The van der Waals surface area contributed by atoms with Crippen molar-refractivity contribution in [1.82, 2.24) is 25.3 Å². The Kier molecular flexibility index (Phi) is 8.60. The molecule has 1 atom stereocenters. The van der Waals surface area contributed by atoms with Crippen LogP contribution in [-0.2, 0) is 11.3 Å². The molecule has 2 heterocycles. The zero-order valence-corrected chi connectivity index (χ0v) is 17.8. The van der Waals surface area contributed by atoms with E-state index >= 15 is 0 Å². The lowest BCUT2D eigenvalue weighted by molar-refractivity contribution is 0.0162. The first-order valence-corrected chi connectivity index (χ1v) is 10.3. The number of likely N-dealkylation sites (tertiary alicyclic amines) is 1. The van der Waals surface area contributed by atoms with E-state index < -0.39 is 5.60 Å². The quantitative estimate of drug-likeness (QED) is 0.423. The van der Waals surface area contributed by atoms with Crippen LogP contribution in [0.1, 0.15) is 46.5 Å². The van der Waals surface area contributed by atoms with Crippen LogP contribution in [-0.4, -0.2) is 65.6 Å². The van der Waals surface area contributed by atoms with Crippen LogP contribution in [0.25, 0.3) is 0 Å². The zero-order valence-electron chi connectivity index (χ0n) is 17.8. The number of hydrogen-bond donors (Lipinski definition) is 2. The van der Waals surface area contributed by atoms with Crippen molar-refractivity contribution in [3.8, 4) is 0 Å². The van der Waals surface area contributed by atoms with Gasteiger partial charge in [0.2, 0.25) is 0 Å². The highest BCUT2D eigenvalue weighted by Crippen LogP contribution is 2.21. The second-order valence-electron chi connectivity index (χ2n) is 8.27. The van der Waals surface area contributed by atoms with E-state index in [2.05, 4.69) is 20.7 Å². The van der Waals surface area contributed by atoms with Crippen LogP contribution in [0.4, 0.5) is 4.79 Å². The van der Waals surface area contributed by atoms with Gasteiger partial charge in [0.05, 0.1) is 0 Å². The molecule has 1 aliphatic rings. The third-order valence-electron chi connectivity index (χ3n) is 4.65. The number of nitrogens with zero attached hydrogens (tertiary/aromatic N) is 4. The number of piperidine rings is 1. The van der Waals surface area contributed by atoms with Crippen LogP contribution < -0.4 is 10.6 Å². The molecule has 0 spiro atoms. The summed E-state index contributed by atoms with van der Waals surface area (Å²) in [4.78, 5) is 18.4. The third kappa shape index (κ3) is 8.19. The van der Waals surface area contributed by atoms with Gasteiger partial charge in [-0.05, 0) is 58.4 Å². The molecule has 0 aliphatic carbocycles. The lowest BCUT2D eigenvalue weighted by Gasteiger charge is -2.34. The number of aromatic nitrogens is 2. The summed E-state index contributed by atoms with van der Waals surface area (Å²) in [5.41, 5.74) is -0.443. The summed E-state index contributed by atoms with van der Waals surface area (Å²) in [5.74, 6) is 1.31. The summed E-state index contributed by atoms with van der Waals surface area (Å²) >= 11 is 0.